The molecule has 2 rings (SSSR count). The first-order chi connectivity index (χ1) is 11.2. The van der Waals surface area contributed by atoms with Gasteiger partial charge in [-0.25, -0.2) is 0 Å². The summed E-state index contributed by atoms with van der Waals surface area (Å²) in [7, 11) is 3.11. The molecule has 2 N–H and O–H groups in total. The number of nitrogens with zero attached hydrogens (tertiary/aromatic N) is 1. The van der Waals surface area contributed by atoms with E-state index in [1.54, 1.807) is 37.3 Å². The SMILES string of the molecule is COc1ccc(C(=O)N(CCN)Cc2ccccc2)cc1OC. The molecule has 2 aromatic carbocycles. The molecule has 0 heterocycles. The summed E-state index contributed by atoms with van der Waals surface area (Å²) in [5.74, 6) is 1.04. The first-order valence-electron chi connectivity index (χ1n) is 7.45. The normalized spacial score (nSPS) is 10.2. The molecule has 5 nitrogen and oxygen atoms in total. The zero-order valence-electron chi connectivity index (χ0n) is 13.5. The van der Waals surface area contributed by atoms with Crippen molar-refractivity contribution in [3.8, 4) is 11.5 Å². The number of carbonyl (C=O) groups excluding carboxylic acids is 1. The van der Waals surface area contributed by atoms with Gasteiger partial charge in [0.1, 0.15) is 0 Å². The Morgan fingerprint density at radius 3 is 2.35 bits per heavy atom. The van der Waals surface area contributed by atoms with Crippen molar-refractivity contribution < 1.29 is 14.3 Å². The summed E-state index contributed by atoms with van der Waals surface area (Å²) in [5, 5.41) is 0. The number of benzene rings is 2. The second-order valence-corrected chi connectivity index (χ2v) is 5.07. The molecule has 0 aliphatic heterocycles. The molecule has 0 unspecified atom stereocenters. The quantitative estimate of drug-likeness (QED) is 0.852. The van der Waals surface area contributed by atoms with Crippen LogP contribution in [0.15, 0.2) is 48.5 Å². The van der Waals surface area contributed by atoms with Crippen LogP contribution in [0.2, 0.25) is 0 Å². The summed E-state index contributed by atoms with van der Waals surface area (Å²) in [6.45, 7) is 1.42. The second-order valence-electron chi connectivity index (χ2n) is 5.07. The van der Waals surface area contributed by atoms with Crippen LogP contribution in [0.4, 0.5) is 0 Å². The van der Waals surface area contributed by atoms with Crippen molar-refractivity contribution in [3.63, 3.8) is 0 Å². The minimum Gasteiger partial charge on any atom is -0.493 e. The van der Waals surface area contributed by atoms with Gasteiger partial charge in [-0.3, -0.25) is 4.79 Å². The van der Waals surface area contributed by atoms with E-state index in [9.17, 15) is 4.79 Å². The van der Waals surface area contributed by atoms with Crippen LogP contribution in [0.1, 0.15) is 15.9 Å². The lowest BCUT2D eigenvalue weighted by Crippen LogP contribution is -2.34. The molecule has 5 heteroatoms. The van der Waals surface area contributed by atoms with Gasteiger partial charge in [-0.05, 0) is 23.8 Å². The van der Waals surface area contributed by atoms with Gasteiger partial charge in [0.25, 0.3) is 5.91 Å². The van der Waals surface area contributed by atoms with Gasteiger partial charge in [0, 0.05) is 25.2 Å². The van der Waals surface area contributed by atoms with Crippen LogP contribution in [-0.4, -0.2) is 38.1 Å². The summed E-state index contributed by atoms with van der Waals surface area (Å²) in [6.07, 6.45) is 0. The highest BCUT2D eigenvalue weighted by Crippen LogP contribution is 2.28. The summed E-state index contributed by atoms with van der Waals surface area (Å²) >= 11 is 0. The van der Waals surface area contributed by atoms with Gasteiger partial charge >= 0.3 is 0 Å². The number of amides is 1. The molecule has 0 fully saturated rings. The van der Waals surface area contributed by atoms with Crippen LogP contribution in [0.3, 0.4) is 0 Å². The Morgan fingerprint density at radius 1 is 1.04 bits per heavy atom. The number of hydrogen-bond donors (Lipinski definition) is 1. The lowest BCUT2D eigenvalue weighted by molar-refractivity contribution is 0.0748. The van der Waals surface area contributed by atoms with Crippen molar-refractivity contribution in [2.45, 2.75) is 6.54 Å². The molecule has 2 aromatic rings. The molecule has 0 saturated heterocycles. The number of nitrogens with two attached hydrogens (primary N) is 1. The van der Waals surface area contributed by atoms with E-state index >= 15 is 0 Å². The molecule has 0 radical (unpaired) electrons. The van der Waals surface area contributed by atoms with Crippen molar-refractivity contribution in [3.05, 3.63) is 59.7 Å². The molecule has 0 atom stereocenters. The van der Waals surface area contributed by atoms with Gasteiger partial charge in [-0.2, -0.15) is 0 Å². The second kappa shape index (κ2) is 8.19. The third-order valence-electron chi connectivity index (χ3n) is 3.53. The van der Waals surface area contributed by atoms with E-state index in [-0.39, 0.29) is 5.91 Å². The maximum absolute atomic E-state index is 12.8. The summed E-state index contributed by atoms with van der Waals surface area (Å²) in [5.41, 5.74) is 7.27. The summed E-state index contributed by atoms with van der Waals surface area (Å²) in [6, 6.07) is 15.0. The van der Waals surface area contributed by atoms with E-state index in [0.29, 0.717) is 36.7 Å². The Morgan fingerprint density at radius 2 is 1.74 bits per heavy atom. The highest BCUT2D eigenvalue weighted by Gasteiger charge is 2.17. The smallest absolute Gasteiger partial charge is 0.254 e. The summed E-state index contributed by atoms with van der Waals surface area (Å²) in [4.78, 5) is 14.5. The van der Waals surface area contributed by atoms with Crippen molar-refractivity contribution in [1.29, 1.82) is 0 Å². The zero-order chi connectivity index (χ0) is 16.7. The van der Waals surface area contributed by atoms with Gasteiger partial charge < -0.3 is 20.1 Å². The number of methoxy groups -OCH3 is 2. The number of rotatable bonds is 7. The van der Waals surface area contributed by atoms with Crippen LogP contribution >= 0.6 is 0 Å². The van der Waals surface area contributed by atoms with Crippen molar-refractivity contribution in [1.82, 2.24) is 4.90 Å². The fourth-order valence-corrected chi connectivity index (χ4v) is 2.36. The van der Waals surface area contributed by atoms with Gasteiger partial charge in [0.05, 0.1) is 14.2 Å². The Kier molecular flexibility index (Phi) is 6.00. The molecule has 1 amide bonds. The minimum atomic E-state index is -0.0831. The Bertz CT molecular complexity index is 644. The van der Waals surface area contributed by atoms with E-state index in [2.05, 4.69) is 0 Å². The Hall–Kier alpha value is -2.53. The molecule has 0 aliphatic rings. The van der Waals surface area contributed by atoms with Gasteiger partial charge in [-0.1, -0.05) is 30.3 Å². The fraction of sp³-hybridized carbons (Fsp3) is 0.278. The number of ether oxygens (including phenoxy) is 2. The zero-order valence-corrected chi connectivity index (χ0v) is 13.5. The van der Waals surface area contributed by atoms with Gasteiger partial charge in [-0.15, -0.1) is 0 Å². The Balaban J connectivity index is 2.23. The lowest BCUT2D eigenvalue weighted by atomic mass is 10.1. The molecule has 0 saturated carbocycles. The third-order valence-corrected chi connectivity index (χ3v) is 3.53. The molecular formula is C18H22N2O3. The Labute approximate surface area is 136 Å². The van der Waals surface area contributed by atoms with E-state index < -0.39 is 0 Å². The van der Waals surface area contributed by atoms with E-state index in [1.807, 2.05) is 30.3 Å². The molecule has 0 spiro atoms. The molecular weight excluding hydrogens is 292 g/mol. The van der Waals surface area contributed by atoms with Crippen molar-refractivity contribution in [2.75, 3.05) is 27.3 Å². The largest absolute Gasteiger partial charge is 0.493 e. The van der Waals surface area contributed by atoms with Crippen molar-refractivity contribution in [2.24, 2.45) is 5.73 Å². The standard InChI is InChI=1S/C18H22N2O3/c1-22-16-9-8-15(12-17(16)23-2)18(21)20(11-10-19)13-14-6-4-3-5-7-14/h3-9,12H,10-11,13,19H2,1-2H3. The van der Waals surface area contributed by atoms with E-state index in [4.69, 9.17) is 15.2 Å². The lowest BCUT2D eigenvalue weighted by Gasteiger charge is -2.22. The number of carbonyl (C=O) groups is 1. The molecule has 0 bridgehead atoms. The third kappa shape index (κ3) is 4.23. The molecule has 122 valence electrons. The van der Waals surface area contributed by atoms with Crippen LogP contribution in [0, 0.1) is 0 Å². The average Bonchev–Trinajstić information content (AvgIpc) is 2.61. The maximum Gasteiger partial charge on any atom is 0.254 e. The summed E-state index contributed by atoms with van der Waals surface area (Å²) < 4.78 is 10.5. The molecule has 0 aliphatic carbocycles. The average molecular weight is 314 g/mol. The first-order valence-corrected chi connectivity index (χ1v) is 7.45. The predicted octanol–water partition coefficient (Wildman–Crippen LogP) is 2.30. The monoisotopic (exact) mass is 314 g/mol. The number of hydrogen-bond acceptors (Lipinski definition) is 4. The topological polar surface area (TPSA) is 64.8 Å². The van der Waals surface area contributed by atoms with Gasteiger partial charge in [0.2, 0.25) is 0 Å². The fourth-order valence-electron chi connectivity index (χ4n) is 2.36. The van der Waals surface area contributed by atoms with E-state index in [1.165, 1.54) is 0 Å². The molecule has 23 heavy (non-hydrogen) atoms. The molecule has 0 aromatic heterocycles. The van der Waals surface area contributed by atoms with Crippen molar-refractivity contribution >= 4 is 5.91 Å². The maximum atomic E-state index is 12.8. The minimum absolute atomic E-state index is 0.0831. The van der Waals surface area contributed by atoms with Gasteiger partial charge in [0.15, 0.2) is 11.5 Å². The predicted molar refractivity (Wildman–Crippen MR) is 89.8 cm³/mol. The highest BCUT2D eigenvalue weighted by molar-refractivity contribution is 5.95. The van der Waals surface area contributed by atoms with Crippen LogP contribution in [0.25, 0.3) is 0 Å². The van der Waals surface area contributed by atoms with Crippen LogP contribution < -0.4 is 15.2 Å². The first kappa shape index (κ1) is 16.8. The van der Waals surface area contributed by atoms with Crippen LogP contribution in [0.5, 0.6) is 11.5 Å². The van der Waals surface area contributed by atoms with Crippen LogP contribution in [-0.2, 0) is 6.54 Å². The highest BCUT2D eigenvalue weighted by atomic mass is 16.5. The van der Waals surface area contributed by atoms with E-state index in [0.717, 1.165) is 5.56 Å².